The standard InChI is InChI=1S/C12H28N2O2/c1-11(2)9-13-10-12(3)14-5-6-16-8-7-15-4/h11-14H,5-10H2,1-4H3. The van der Waals surface area contributed by atoms with Crippen LogP contribution in [0.1, 0.15) is 20.8 Å². The lowest BCUT2D eigenvalue weighted by Crippen LogP contribution is -2.39. The first kappa shape index (κ1) is 15.8. The minimum absolute atomic E-state index is 0.491. The summed E-state index contributed by atoms with van der Waals surface area (Å²) >= 11 is 0. The molecule has 4 heteroatoms. The molecule has 0 aromatic heterocycles. The Morgan fingerprint density at radius 1 is 1.00 bits per heavy atom. The van der Waals surface area contributed by atoms with Gasteiger partial charge in [-0.25, -0.2) is 0 Å². The predicted octanol–water partition coefficient (Wildman–Crippen LogP) is 0.873. The highest BCUT2D eigenvalue weighted by molar-refractivity contribution is 4.64. The molecule has 2 N–H and O–H groups in total. The van der Waals surface area contributed by atoms with Crippen LogP contribution < -0.4 is 10.6 Å². The quantitative estimate of drug-likeness (QED) is 0.519. The van der Waals surface area contributed by atoms with Crippen LogP contribution in [0.5, 0.6) is 0 Å². The molecule has 0 fully saturated rings. The topological polar surface area (TPSA) is 42.5 Å². The zero-order valence-corrected chi connectivity index (χ0v) is 11.2. The van der Waals surface area contributed by atoms with Gasteiger partial charge in [-0.1, -0.05) is 13.8 Å². The second kappa shape index (κ2) is 11.3. The molecule has 0 aromatic carbocycles. The molecule has 0 rings (SSSR count). The molecule has 0 spiro atoms. The van der Waals surface area contributed by atoms with E-state index in [1.54, 1.807) is 7.11 Å². The normalized spacial score (nSPS) is 13.3. The van der Waals surface area contributed by atoms with Crippen LogP contribution in [0.2, 0.25) is 0 Å². The van der Waals surface area contributed by atoms with Crippen LogP contribution in [0.25, 0.3) is 0 Å². The van der Waals surface area contributed by atoms with Crippen LogP contribution in [0.4, 0.5) is 0 Å². The third-order valence-electron chi connectivity index (χ3n) is 2.17. The molecule has 0 aliphatic heterocycles. The summed E-state index contributed by atoms with van der Waals surface area (Å²) in [5.41, 5.74) is 0. The molecule has 0 aliphatic rings. The van der Waals surface area contributed by atoms with Gasteiger partial charge >= 0.3 is 0 Å². The maximum Gasteiger partial charge on any atom is 0.0700 e. The van der Waals surface area contributed by atoms with Crippen LogP contribution in [0.3, 0.4) is 0 Å². The van der Waals surface area contributed by atoms with Gasteiger partial charge in [0.15, 0.2) is 0 Å². The van der Waals surface area contributed by atoms with Crippen molar-refractivity contribution in [1.82, 2.24) is 10.6 Å². The summed E-state index contributed by atoms with van der Waals surface area (Å²) < 4.78 is 10.2. The highest BCUT2D eigenvalue weighted by Crippen LogP contribution is 1.87. The smallest absolute Gasteiger partial charge is 0.0700 e. The first-order chi connectivity index (χ1) is 7.66. The molecule has 98 valence electrons. The monoisotopic (exact) mass is 232 g/mol. The Morgan fingerprint density at radius 2 is 1.75 bits per heavy atom. The van der Waals surface area contributed by atoms with Gasteiger partial charge in [-0.05, 0) is 19.4 Å². The molecule has 1 unspecified atom stereocenters. The average molecular weight is 232 g/mol. The van der Waals surface area contributed by atoms with Crippen molar-refractivity contribution in [3.63, 3.8) is 0 Å². The fraction of sp³-hybridized carbons (Fsp3) is 1.00. The minimum Gasteiger partial charge on any atom is -0.382 e. The Balaban J connectivity index is 3.14. The van der Waals surface area contributed by atoms with Crippen molar-refractivity contribution in [3.05, 3.63) is 0 Å². The Hall–Kier alpha value is -0.160. The fourth-order valence-corrected chi connectivity index (χ4v) is 1.28. The summed E-state index contributed by atoms with van der Waals surface area (Å²) in [5.74, 6) is 0.713. The van der Waals surface area contributed by atoms with Gasteiger partial charge in [0, 0.05) is 26.2 Å². The van der Waals surface area contributed by atoms with Crippen molar-refractivity contribution >= 4 is 0 Å². The van der Waals surface area contributed by atoms with E-state index >= 15 is 0 Å². The van der Waals surface area contributed by atoms with Crippen molar-refractivity contribution in [2.45, 2.75) is 26.8 Å². The number of methoxy groups -OCH3 is 1. The van der Waals surface area contributed by atoms with E-state index in [1.807, 2.05) is 0 Å². The Bertz CT molecular complexity index is 143. The first-order valence-corrected chi connectivity index (χ1v) is 6.17. The third kappa shape index (κ3) is 11.9. The molecule has 0 aliphatic carbocycles. The number of hydrogen-bond donors (Lipinski definition) is 2. The maximum absolute atomic E-state index is 5.36. The summed E-state index contributed by atoms with van der Waals surface area (Å²) in [4.78, 5) is 0. The highest BCUT2D eigenvalue weighted by atomic mass is 16.5. The lowest BCUT2D eigenvalue weighted by Gasteiger charge is -2.15. The molecular weight excluding hydrogens is 204 g/mol. The lowest BCUT2D eigenvalue weighted by molar-refractivity contribution is 0.0712. The third-order valence-corrected chi connectivity index (χ3v) is 2.17. The van der Waals surface area contributed by atoms with Gasteiger partial charge in [-0.2, -0.15) is 0 Å². The molecule has 0 heterocycles. The van der Waals surface area contributed by atoms with Crippen molar-refractivity contribution in [1.29, 1.82) is 0 Å². The van der Waals surface area contributed by atoms with E-state index in [9.17, 15) is 0 Å². The van der Waals surface area contributed by atoms with Crippen molar-refractivity contribution < 1.29 is 9.47 Å². The molecule has 0 saturated heterocycles. The van der Waals surface area contributed by atoms with E-state index in [-0.39, 0.29) is 0 Å². The molecule has 0 bridgehead atoms. The van der Waals surface area contributed by atoms with Gasteiger partial charge < -0.3 is 20.1 Å². The first-order valence-electron chi connectivity index (χ1n) is 6.17. The molecule has 0 saturated carbocycles. The Morgan fingerprint density at radius 3 is 2.38 bits per heavy atom. The lowest BCUT2D eigenvalue weighted by atomic mass is 10.2. The van der Waals surface area contributed by atoms with Gasteiger partial charge in [0.05, 0.1) is 19.8 Å². The molecule has 4 nitrogen and oxygen atoms in total. The average Bonchev–Trinajstić information content (AvgIpc) is 2.22. The van der Waals surface area contributed by atoms with Gasteiger partial charge in [0.1, 0.15) is 0 Å². The zero-order valence-electron chi connectivity index (χ0n) is 11.2. The second-order valence-electron chi connectivity index (χ2n) is 4.51. The second-order valence-corrected chi connectivity index (χ2v) is 4.51. The number of nitrogens with one attached hydrogen (secondary N) is 2. The van der Waals surface area contributed by atoms with E-state index in [2.05, 4.69) is 31.4 Å². The fourth-order valence-electron chi connectivity index (χ4n) is 1.28. The SMILES string of the molecule is COCCOCCNC(C)CNCC(C)C. The van der Waals surface area contributed by atoms with Crippen LogP contribution in [0, 0.1) is 5.92 Å². The van der Waals surface area contributed by atoms with E-state index in [4.69, 9.17) is 9.47 Å². The zero-order chi connectivity index (χ0) is 12.2. The van der Waals surface area contributed by atoms with Crippen LogP contribution in [-0.2, 0) is 9.47 Å². The van der Waals surface area contributed by atoms with E-state index in [0.717, 1.165) is 26.2 Å². The summed E-state index contributed by atoms with van der Waals surface area (Å²) in [7, 11) is 1.68. The van der Waals surface area contributed by atoms with Crippen molar-refractivity contribution in [3.8, 4) is 0 Å². The van der Waals surface area contributed by atoms with Crippen molar-refractivity contribution in [2.75, 3.05) is 46.6 Å². The van der Waals surface area contributed by atoms with Gasteiger partial charge in [-0.15, -0.1) is 0 Å². The predicted molar refractivity (Wildman–Crippen MR) is 67.9 cm³/mol. The Kier molecular flexibility index (Phi) is 11.2. The molecule has 16 heavy (non-hydrogen) atoms. The number of ether oxygens (including phenoxy) is 2. The summed E-state index contributed by atoms with van der Waals surface area (Å²) in [5, 5.41) is 6.83. The molecule has 0 amide bonds. The summed E-state index contributed by atoms with van der Waals surface area (Å²) in [6, 6.07) is 0.491. The van der Waals surface area contributed by atoms with Crippen molar-refractivity contribution in [2.24, 2.45) is 5.92 Å². The molecule has 0 aromatic rings. The Labute approximate surface area is 100 Å². The maximum atomic E-state index is 5.36. The van der Waals surface area contributed by atoms with E-state index in [1.165, 1.54) is 0 Å². The van der Waals surface area contributed by atoms with E-state index < -0.39 is 0 Å². The van der Waals surface area contributed by atoms with Gasteiger partial charge in [-0.3, -0.25) is 0 Å². The molecular formula is C12H28N2O2. The number of rotatable bonds is 11. The molecule has 1 atom stereocenters. The highest BCUT2D eigenvalue weighted by Gasteiger charge is 2.00. The van der Waals surface area contributed by atoms with Crippen LogP contribution in [0.15, 0.2) is 0 Å². The largest absolute Gasteiger partial charge is 0.382 e. The van der Waals surface area contributed by atoms with E-state index in [0.29, 0.717) is 25.2 Å². The summed E-state index contributed by atoms with van der Waals surface area (Å²) in [6.45, 7) is 11.7. The van der Waals surface area contributed by atoms with Gasteiger partial charge in [0.2, 0.25) is 0 Å². The van der Waals surface area contributed by atoms with Crippen LogP contribution in [-0.4, -0.2) is 52.6 Å². The molecule has 0 radical (unpaired) electrons. The minimum atomic E-state index is 0.491. The summed E-state index contributed by atoms with van der Waals surface area (Å²) in [6.07, 6.45) is 0. The number of hydrogen-bond acceptors (Lipinski definition) is 4. The van der Waals surface area contributed by atoms with Crippen LogP contribution >= 0.6 is 0 Å². The van der Waals surface area contributed by atoms with Gasteiger partial charge in [0.25, 0.3) is 0 Å².